The first kappa shape index (κ1) is 16.7. The van der Waals surface area contributed by atoms with Gasteiger partial charge in [0.25, 0.3) is 0 Å². The molecule has 0 saturated carbocycles. The van der Waals surface area contributed by atoms with E-state index in [9.17, 15) is 0 Å². The second-order valence-electron chi connectivity index (χ2n) is 5.84. The lowest BCUT2D eigenvalue weighted by Crippen LogP contribution is -2.32. The predicted molar refractivity (Wildman–Crippen MR) is 95.0 cm³/mol. The van der Waals surface area contributed by atoms with Gasteiger partial charge in [-0.15, -0.1) is 0 Å². The molecule has 0 radical (unpaired) electrons. The van der Waals surface area contributed by atoms with Crippen LogP contribution in [0, 0.1) is 0 Å². The van der Waals surface area contributed by atoms with Gasteiger partial charge in [0.1, 0.15) is 0 Å². The van der Waals surface area contributed by atoms with Crippen LogP contribution in [-0.2, 0) is 12.8 Å². The Kier molecular flexibility index (Phi) is 7.71. The van der Waals surface area contributed by atoms with Gasteiger partial charge < -0.3 is 11.1 Å². The van der Waals surface area contributed by atoms with Crippen molar-refractivity contribution in [2.75, 3.05) is 13.1 Å². The summed E-state index contributed by atoms with van der Waals surface area (Å²) in [5, 5.41) is 3.68. The van der Waals surface area contributed by atoms with Crippen molar-refractivity contribution in [1.29, 1.82) is 0 Å². The molecule has 2 aromatic rings. The summed E-state index contributed by atoms with van der Waals surface area (Å²) < 4.78 is 0. The zero-order valence-corrected chi connectivity index (χ0v) is 13.4. The van der Waals surface area contributed by atoms with E-state index in [0.717, 1.165) is 32.4 Å². The maximum absolute atomic E-state index is 5.60. The summed E-state index contributed by atoms with van der Waals surface area (Å²) >= 11 is 0. The Morgan fingerprint density at radius 2 is 1.27 bits per heavy atom. The van der Waals surface area contributed by atoms with Crippen molar-refractivity contribution in [3.05, 3.63) is 71.8 Å². The van der Waals surface area contributed by atoms with E-state index in [1.165, 1.54) is 24.0 Å². The highest BCUT2D eigenvalue weighted by Gasteiger charge is 2.08. The fourth-order valence-electron chi connectivity index (χ4n) is 2.73. The molecular weight excluding hydrogens is 268 g/mol. The van der Waals surface area contributed by atoms with E-state index in [1.54, 1.807) is 0 Å². The van der Waals surface area contributed by atoms with Crippen LogP contribution in [0.3, 0.4) is 0 Å². The van der Waals surface area contributed by atoms with Crippen molar-refractivity contribution in [3.63, 3.8) is 0 Å². The van der Waals surface area contributed by atoms with Gasteiger partial charge in [0.2, 0.25) is 0 Å². The molecule has 2 nitrogen and oxygen atoms in total. The maximum atomic E-state index is 5.60. The summed E-state index contributed by atoms with van der Waals surface area (Å²) in [5.41, 5.74) is 8.45. The highest BCUT2D eigenvalue weighted by molar-refractivity contribution is 5.16. The lowest BCUT2D eigenvalue weighted by molar-refractivity contribution is 0.450. The Morgan fingerprint density at radius 1 is 0.773 bits per heavy atom. The van der Waals surface area contributed by atoms with Gasteiger partial charge in [0, 0.05) is 6.04 Å². The normalized spacial score (nSPS) is 11.0. The monoisotopic (exact) mass is 296 g/mol. The molecule has 0 atom stereocenters. The quantitative estimate of drug-likeness (QED) is 0.658. The third-order valence-corrected chi connectivity index (χ3v) is 4.06. The number of benzene rings is 2. The van der Waals surface area contributed by atoms with Crippen molar-refractivity contribution >= 4 is 0 Å². The molecule has 0 saturated heterocycles. The topological polar surface area (TPSA) is 38.0 Å². The molecule has 22 heavy (non-hydrogen) atoms. The third kappa shape index (κ3) is 6.42. The van der Waals surface area contributed by atoms with Crippen LogP contribution in [0.2, 0.25) is 0 Å². The second kappa shape index (κ2) is 10.1. The van der Waals surface area contributed by atoms with E-state index in [4.69, 9.17) is 5.73 Å². The van der Waals surface area contributed by atoms with E-state index < -0.39 is 0 Å². The smallest absolute Gasteiger partial charge is 0.00734 e. The molecule has 0 aliphatic carbocycles. The van der Waals surface area contributed by atoms with Crippen molar-refractivity contribution in [1.82, 2.24) is 5.32 Å². The van der Waals surface area contributed by atoms with Gasteiger partial charge in [-0.1, -0.05) is 60.7 Å². The number of hydrogen-bond acceptors (Lipinski definition) is 2. The van der Waals surface area contributed by atoms with Gasteiger partial charge in [-0.25, -0.2) is 0 Å². The number of aryl methyl sites for hydroxylation is 2. The Morgan fingerprint density at radius 3 is 1.73 bits per heavy atom. The van der Waals surface area contributed by atoms with Gasteiger partial charge in [-0.3, -0.25) is 0 Å². The van der Waals surface area contributed by atoms with Crippen LogP contribution in [0.1, 0.15) is 30.4 Å². The summed E-state index contributed by atoms with van der Waals surface area (Å²) in [6, 6.07) is 22.1. The van der Waals surface area contributed by atoms with Crippen LogP contribution in [-0.4, -0.2) is 19.1 Å². The van der Waals surface area contributed by atoms with E-state index >= 15 is 0 Å². The lowest BCUT2D eigenvalue weighted by atomic mass is 9.99. The molecule has 2 heteroatoms. The van der Waals surface area contributed by atoms with Gasteiger partial charge in [0.05, 0.1) is 0 Å². The molecule has 0 aromatic heterocycles. The summed E-state index contributed by atoms with van der Waals surface area (Å²) in [7, 11) is 0. The molecule has 2 aromatic carbocycles. The highest BCUT2D eigenvalue weighted by atomic mass is 14.9. The molecule has 0 heterocycles. The number of hydrogen-bond donors (Lipinski definition) is 2. The van der Waals surface area contributed by atoms with E-state index in [-0.39, 0.29) is 0 Å². The minimum atomic E-state index is 0.562. The molecule has 0 amide bonds. The van der Waals surface area contributed by atoms with Crippen LogP contribution in [0.15, 0.2) is 60.7 Å². The first-order valence-corrected chi connectivity index (χ1v) is 8.40. The SMILES string of the molecule is NCCCNC(CCc1ccccc1)CCc1ccccc1. The summed E-state index contributed by atoms with van der Waals surface area (Å²) in [6.07, 6.45) is 5.68. The molecular formula is C20H28N2. The lowest BCUT2D eigenvalue weighted by Gasteiger charge is -2.19. The number of rotatable bonds is 10. The van der Waals surface area contributed by atoms with Crippen LogP contribution in [0.25, 0.3) is 0 Å². The van der Waals surface area contributed by atoms with Crippen LogP contribution in [0.4, 0.5) is 0 Å². The average Bonchev–Trinajstić information content (AvgIpc) is 2.59. The first-order chi connectivity index (χ1) is 10.9. The minimum Gasteiger partial charge on any atom is -0.330 e. The van der Waals surface area contributed by atoms with Crippen molar-refractivity contribution in [2.24, 2.45) is 5.73 Å². The standard InChI is InChI=1S/C20H28N2/c21-16-7-17-22-20(14-12-18-8-3-1-4-9-18)15-13-19-10-5-2-6-11-19/h1-6,8-11,20,22H,7,12-17,21H2. The molecule has 0 bridgehead atoms. The average molecular weight is 296 g/mol. The molecule has 0 aliphatic rings. The van der Waals surface area contributed by atoms with Crippen molar-refractivity contribution in [2.45, 2.75) is 38.1 Å². The first-order valence-electron chi connectivity index (χ1n) is 8.40. The molecule has 0 unspecified atom stereocenters. The van der Waals surface area contributed by atoms with Gasteiger partial charge in [-0.05, 0) is 56.3 Å². The molecule has 3 N–H and O–H groups in total. The van der Waals surface area contributed by atoms with E-state index in [0.29, 0.717) is 6.04 Å². The fourth-order valence-corrected chi connectivity index (χ4v) is 2.73. The van der Waals surface area contributed by atoms with Gasteiger partial charge in [-0.2, -0.15) is 0 Å². The highest BCUT2D eigenvalue weighted by Crippen LogP contribution is 2.11. The minimum absolute atomic E-state index is 0.562. The Balaban J connectivity index is 1.82. The molecule has 0 aliphatic heterocycles. The molecule has 0 spiro atoms. The zero-order chi connectivity index (χ0) is 15.5. The Hall–Kier alpha value is -1.64. The van der Waals surface area contributed by atoms with Gasteiger partial charge in [0.15, 0.2) is 0 Å². The summed E-state index contributed by atoms with van der Waals surface area (Å²) in [4.78, 5) is 0. The van der Waals surface area contributed by atoms with E-state index in [2.05, 4.69) is 66.0 Å². The Bertz CT molecular complexity index is 452. The summed E-state index contributed by atoms with van der Waals surface area (Å²) in [6.45, 7) is 1.78. The van der Waals surface area contributed by atoms with Gasteiger partial charge >= 0.3 is 0 Å². The van der Waals surface area contributed by atoms with Crippen LogP contribution in [0.5, 0.6) is 0 Å². The fraction of sp³-hybridized carbons (Fsp3) is 0.400. The zero-order valence-electron chi connectivity index (χ0n) is 13.4. The third-order valence-electron chi connectivity index (χ3n) is 4.06. The molecule has 2 rings (SSSR count). The van der Waals surface area contributed by atoms with Crippen LogP contribution >= 0.6 is 0 Å². The predicted octanol–water partition coefficient (Wildman–Crippen LogP) is 3.56. The maximum Gasteiger partial charge on any atom is 0.00734 e. The van der Waals surface area contributed by atoms with Crippen LogP contribution < -0.4 is 11.1 Å². The Labute approximate surface area is 134 Å². The second-order valence-corrected chi connectivity index (χ2v) is 5.84. The number of nitrogens with two attached hydrogens (primary N) is 1. The van der Waals surface area contributed by atoms with E-state index in [1.807, 2.05) is 0 Å². The largest absolute Gasteiger partial charge is 0.330 e. The molecule has 0 fully saturated rings. The van der Waals surface area contributed by atoms with Crippen molar-refractivity contribution < 1.29 is 0 Å². The van der Waals surface area contributed by atoms with Crippen molar-refractivity contribution in [3.8, 4) is 0 Å². The number of nitrogens with one attached hydrogen (secondary N) is 1. The molecule has 118 valence electrons. The summed E-state index contributed by atoms with van der Waals surface area (Å²) in [5.74, 6) is 0.